The van der Waals surface area contributed by atoms with E-state index in [1.165, 1.54) is 34.4 Å². The lowest BCUT2D eigenvalue weighted by Gasteiger charge is -2.21. The molecular formula is C20H14F3N7S2. The second-order valence-corrected chi connectivity index (χ2v) is 9.68. The molecule has 0 bridgehead atoms. The summed E-state index contributed by atoms with van der Waals surface area (Å²) >= 11 is 2.76. The zero-order valence-electron chi connectivity index (χ0n) is 16.6. The van der Waals surface area contributed by atoms with Gasteiger partial charge in [0.25, 0.3) is 0 Å². The van der Waals surface area contributed by atoms with Gasteiger partial charge in [0.2, 0.25) is 0 Å². The van der Waals surface area contributed by atoms with Crippen LogP contribution in [0.5, 0.6) is 0 Å². The molecule has 0 radical (unpaired) electrons. The Bertz CT molecular complexity index is 1290. The Kier molecular flexibility index (Phi) is 4.98. The highest BCUT2D eigenvalue weighted by atomic mass is 32.2. The average Bonchev–Trinajstić information content (AvgIpc) is 3.40. The van der Waals surface area contributed by atoms with Crippen LogP contribution in [0.1, 0.15) is 40.8 Å². The van der Waals surface area contributed by atoms with Crippen LogP contribution >= 0.6 is 23.5 Å². The molecule has 1 aromatic carbocycles. The van der Waals surface area contributed by atoms with Crippen LogP contribution in [0.25, 0.3) is 5.82 Å². The number of nitriles is 1. The van der Waals surface area contributed by atoms with Crippen molar-refractivity contribution < 1.29 is 13.2 Å². The first-order chi connectivity index (χ1) is 15.3. The number of thioether (sulfide) groups is 2. The monoisotopic (exact) mass is 473 g/mol. The largest absolute Gasteiger partial charge is 0.416 e. The third kappa shape index (κ3) is 3.86. The molecule has 2 aromatic heterocycles. The summed E-state index contributed by atoms with van der Waals surface area (Å²) in [6.07, 6.45) is -1.08. The molecule has 12 heteroatoms. The van der Waals surface area contributed by atoms with E-state index in [4.69, 9.17) is 4.99 Å². The van der Waals surface area contributed by atoms with Gasteiger partial charge in [0.1, 0.15) is 9.40 Å². The number of nitrogens with zero attached hydrogens (tertiary/aromatic N) is 7. The lowest BCUT2D eigenvalue weighted by Crippen LogP contribution is -2.16. The highest BCUT2D eigenvalue weighted by molar-refractivity contribution is 8.38. The van der Waals surface area contributed by atoms with Crippen LogP contribution in [-0.4, -0.2) is 29.6 Å². The zero-order valence-corrected chi connectivity index (χ0v) is 18.2. The number of hydrogen-bond donors (Lipinski definition) is 0. The Morgan fingerprint density at radius 3 is 2.72 bits per heavy atom. The quantitative estimate of drug-likeness (QED) is 0.547. The van der Waals surface area contributed by atoms with Gasteiger partial charge in [-0.3, -0.25) is 4.99 Å². The first kappa shape index (κ1) is 21.0. The standard InChI is InChI=1S/C20H14F3N7S2/c1-11-9-25-30(29-11)16-7-15-17(28-27-16)32-18(26-19(15)4-5-19)31-10-12-2-3-14(20(21,22)23)6-13(12)8-24/h2-3,6-7,9H,4-5,10H2,1H3. The van der Waals surface area contributed by atoms with E-state index in [1.807, 2.05) is 19.1 Å². The van der Waals surface area contributed by atoms with Crippen molar-refractivity contribution in [3.63, 3.8) is 0 Å². The van der Waals surface area contributed by atoms with Crippen molar-refractivity contribution in [2.45, 2.75) is 42.3 Å². The molecule has 3 heterocycles. The highest BCUT2D eigenvalue weighted by Crippen LogP contribution is 2.56. The summed E-state index contributed by atoms with van der Waals surface area (Å²) in [5.41, 5.74) is 1.13. The lowest BCUT2D eigenvalue weighted by molar-refractivity contribution is -0.137. The normalized spacial score (nSPS) is 16.4. The second-order valence-electron chi connectivity index (χ2n) is 7.48. The minimum atomic E-state index is -4.48. The zero-order chi connectivity index (χ0) is 22.5. The number of fused-ring (bicyclic) bond motifs is 2. The minimum absolute atomic E-state index is 0.0155. The number of alkyl halides is 3. The fourth-order valence-corrected chi connectivity index (χ4v) is 5.60. The fourth-order valence-electron chi connectivity index (χ4n) is 3.35. The third-order valence-electron chi connectivity index (χ3n) is 5.18. The van der Waals surface area contributed by atoms with Gasteiger partial charge in [0.05, 0.1) is 34.6 Å². The molecule has 5 rings (SSSR count). The van der Waals surface area contributed by atoms with Crippen LogP contribution < -0.4 is 0 Å². The lowest BCUT2D eigenvalue weighted by atomic mass is 10.1. The summed E-state index contributed by atoms with van der Waals surface area (Å²) in [5.74, 6) is 0.860. The van der Waals surface area contributed by atoms with Crippen LogP contribution in [0, 0.1) is 18.3 Å². The Morgan fingerprint density at radius 2 is 2.06 bits per heavy atom. The Labute approximate surface area is 189 Å². The van der Waals surface area contributed by atoms with Crippen LogP contribution in [0.2, 0.25) is 0 Å². The van der Waals surface area contributed by atoms with Gasteiger partial charge in [-0.2, -0.15) is 28.6 Å². The Hall–Kier alpha value is -2.91. The molecule has 1 aliphatic heterocycles. The van der Waals surface area contributed by atoms with Gasteiger partial charge in [-0.25, -0.2) is 0 Å². The van der Waals surface area contributed by atoms with Crippen LogP contribution in [-0.2, 0) is 17.5 Å². The van der Waals surface area contributed by atoms with E-state index in [0.717, 1.165) is 45.6 Å². The molecule has 1 spiro atoms. The maximum atomic E-state index is 12.9. The molecule has 0 amide bonds. The number of benzene rings is 1. The van der Waals surface area contributed by atoms with E-state index in [-0.39, 0.29) is 11.1 Å². The summed E-state index contributed by atoms with van der Waals surface area (Å²) in [5, 5.41) is 27.1. The summed E-state index contributed by atoms with van der Waals surface area (Å²) < 4.78 is 39.5. The SMILES string of the molecule is Cc1cnn(-c2cc3c(nn2)SC(SCc2ccc(C(F)(F)F)cc2C#N)=NC32CC2)n1. The maximum Gasteiger partial charge on any atom is 0.416 e. The van der Waals surface area contributed by atoms with E-state index in [9.17, 15) is 18.4 Å². The van der Waals surface area contributed by atoms with E-state index in [1.54, 1.807) is 6.20 Å². The van der Waals surface area contributed by atoms with Crippen LogP contribution in [0.3, 0.4) is 0 Å². The fraction of sp³-hybridized carbons (Fsp3) is 0.300. The van der Waals surface area contributed by atoms with Crippen molar-refractivity contribution in [1.82, 2.24) is 25.2 Å². The molecule has 0 saturated heterocycles. The Morgan fingerprint density at radius 1 is 1.25 bits per heavy atom. The number of halogens is 3. The van der Waals surface area contributed by atoms with Gasteiger partial charge in [-0.15, -0.1) is 15.0 Å². The van der Waals surface area contributed by atoms with Gasteiger partial charge in [-0.1, -0.05) is 17.8 Å². The molecule has 1 aliphatic carbocycles. The smallest absolute Gasteiger partial charge is 0.260 e. The van der Waals surface area contributed by atoms with Crippen LogP contribution in [0.4, 0.5) is 13.2 Å². The molecule has 1 saturated carbocycles. The van der Waals surface area contributed by atoms with Gasteiger partial charge in [-0.05, 0) is 55.3 Å². The molecule has 3 aromatic rings. The maximum absolute atomic E-state index is 12.9. The number of hydrogen-bond acceptors (Lipinski definition) is 8. The predicted octanol–water partition coefficient (Wildman–Crippen LogP) is 4.64. The van der Waals surface area contributed by atoms with Gasteiger partial charge in [0.15, 0.2) is 5.82 Å². The minimum Gasteiger partial charge on any atom is -0.260 e. The first-order valence-corrected chi connectivity index (χ1v) is 11.4. The molecule has 0 atom stereocenters. The molecule has 0 unspecified atom stereocenters. The number of aliphatic imine (C=N–C) groups is 1. The topological polar surface area (TPSA) is 92.6 Å². The van der Waals surface area contributed by atoms with Crippen molar-refractivity contribution in [3.05, 3.63) is 58.4 Å². The van der Waals surface area contributed by atoms with E-state index >= 15 is 0 Å². The second kappa shape index (κ2) is 7.60. The van der Waals surface area contributed by atoms with Gasteiger partial charge >= 0.3 is 6.18 Å². The number of aryl methyl sites for hydroxylation is 1. The molecule has 0 N–H and O–H groups in total. The molecular weight excluding hydrogens is 459 g/mol. The van der Waals surface area contributed by atoms with Crippen molar-refractivity contribution in [1.29, 1.82) is 5.26 Å². The third-order valence-corrected chi connectivity index (χ3v) is 7.34. The highest BCUT2D eigenvalue weighted by Gasteiger charge is 2.49. The number of aromatic nitrogens is 5. The molecule has 162 valence electrons. The van der Waals surface area contributed by atoms with Crippen molar-refractivity contribution in [3.8, 4) is 11.9 Å². The molecule has 7 nitrogen and oxygen atoms in total. The molecule has 1 fully saturated rings. The van der Waals surface area contributed by atoms with E-state index in [2.05, 4.69) is 20.4 Å². The van der Waals surface area contributed by atoms with Crippen molar-refractivity contribution in [2.24, 2.45) is 4.99 Å². The van der Waals surface area contributed by atoms with E-state index < -0.39 is 11.7 Å². The first-order valence-electron chi connectivity index (χ1n) is 9.56. The molecule has 2 aliphatic rings. The van der Waals surface area contributed by atoms with Crippen LogP contribution in [0.15, 0.2) is 40.5 Å². The van der Waals surface area contributed by atoms with Gasteiger partial charge in [0, 0.05) is 11.3 Å². The average molecular weight is 474 g/mol. The summed E-state index contributed by atoms with van der Waals surface area (Å²) in [4.78, 5) is 6.33. The molecule has 32 heavy (non-hydrogen) atoms. The predicted molar refractivity (Wildman–Crippen MR) is 113 cm³/mol. The van der Waals surface area contributed by atoms with Crippen molar-refractivity contribution >= 4 is 27.9 Å². The summed E-state index contributed by atoms with van der Waals surface area (Å²) in [6.45, 7) is 1.84. The summed E-state index contributed by atoms with van der Waals surface area (Å²) in [7, 11) is 0. The van der Waals surface area contributed by atoms with E-state index in [0.29, 0.717) is 17.1 Å². The number of rotatable bonds is 3. The van der Waals surface area contributed by atoms with Crippen molar-refractivity contribution in [2.75, 3.05) is 0 Å². The van der Waals surface area contributed by atoms with Gasteiger partial charge < -0.3 is 0 Å². The Balaban J connectivity index is 1.37. The summed E-state index contributed by atoms with van der Waals surface area (Å²) in [6, 6.07) is 7.03.